The van der Waals surface area contributed by atoms with Gasteiger partial charge in [-0.25, -0.2) is 0 Å². The van der Waals surface area contributed by atoms with Crippen LogP contribution in [-0.2, 0) is 10.2 Å². The van der Waals surface area contributed by atoms with Crippen LogP contribution >= 0.6 is 0 Å². The van der Waals surface area contributed by atoms with E-state index >= 15 is 0 Å². The Labute approximate surface area is 170 Å². The maximum atomic E-state index is 14.3. The fourth-order valence-corrected chi connectivity index (χ4v) is 4.96. The lowest BCUT2D eigenvalue weighted by molar-refractivity contribution is -0.116. The van der Waals surface area contributed by atoms with Crippen molar-refractivity contribution < 1.29 is 9.90 Å². The van der Waals surface area contributed by atoms with Gasteiger partial charge in [0.15, 0.2) is 5.78 Å². The smallest absolute Gasteiger partial charge is 0.183 e. The van der Waals surface area contributed by atoms with Crippen molar-refractivity contribution >= 4 is 11.4 Å². The molecule has 0 fully saturated rings. The highest BCUT2D eigenvalue weighted by Crippen LogP contribution is 2.57. The third-order valence-electron chi connectivity index (χ3n) is 6.17. The molecule has 5 rings (SSSR count). The van der Waals surface area contributed by atoms with Gasteiger partial charge in [-0.1, -0.05) is 84.4 Å². The number of phenols is 1. The monoisotopic (exact) mass is 378 g/mol. The molecule has 0 aliphatic heterocycles. The molecule has 0 radical (unpaired) electrons. The van der Waals surface area contributed by atoms with Crippen LogP contribution in [0, 0.1) is 6.92 Å². The minimum Gasteiger partial charge on any atom is -0.508 e. The van der Waals surface area contributed by atoms with Crippen LogP contribution in [0.5, 0.6) is 5.75 Å². The Morgan fingerprint density at radius 1 is 0.897 bits per heavy atom. The minimum absolute atomic E-state index is 0.0525. The minimum atomic E-state index is -1.01. The standard InChI is InChI=1S/C27H22O2/c1-18-15-16-24(28)23(17-18)27(20-11-6-3-7-12-20)22-14-8-13-21(22)25(26(27)29)19-9-4-2-5-10-19/h2-7,9-12,14-17,28H,8,13H2,1H3. The van der Waals surface area contributed by atoms with Crippen molar-refractivity contribution in [3.63, 3.8) is 0 Å². The highest BCUT2D eigenvalue weighted by atomic mass is 16.3. The van der Waals surface area contributed by atoms with Crippen LogP contribution in [0.3, 0.4) is 0 Å². The first kappa shape index (κ1) is 17.7. The molecule has 29 heavy (non-hydrogen) atoms. The number of aromatic hydroxyl groups is 1. The van der Waals surface area contributed by atoms with E-state index in [-0.39, 0.29) is 11.5 Å². The summed E-state index contributed by atoms with van der Waals surface area (Å²) in [6.45, 7) is 2.00. The maximum Gasteiger partial charge on any atom is 0.183 e. The molecule has 0 saturated carbocycles. The lowest BCUT2D eigenvalue weighted by atomic mass is 9.67. The summed E-state index contributed by atoms with van der Waals surface area (Å²) in [5.41, 5.74) is 5.49. The van der Waals surface area contributed by atoms with Gasteiger partial charge in [-0.15, -0.1) is 0 Å². The number of fused-ring (bicyclic) bond motifs is 1. The number of carbonyl (C=O) groups is 1. The first-order chi connectivity index (χ1) is 14.1. The zero-order valence-corrected chi connectivity index (χ0v) is 16.4. The van der Waals surface area contributed by atoms with Gasteiger partial charge in [-0.3, -0.25) is 4.79 Å². The summed E-state index contributed by atoms with van der Waals surface area (Å²) in [5.74, 6) is 0.214. The molecular formula is C27H22O2. The number of Topliss-reactive ketones (excluding diaryl/α,β-unsaturated/α-hetero) is 1. The fraction of sp³-hybridized carbons (Fsp3) is 0.148. The summed E-state index contributed by atoms with van der Waals surface area (Å²) in [6, 6.07) is 25.4. The van der Waals surface area contributed by atoms with E-state index in [2.05, 4.69) is 6.08 Å². The van der Waals surface area contributed by atoms with Crippen LogP contribution in [0.4, 0.5) is 0 Å². The average Bonchev–Trinajstić information content (AvgIpc) is 3.31. The van der Waals surface area contributed by atoms with Gasteiger partial charge in [-0.2, -0.15) is 0 Å². The van der Waals surface area contributed by atoms with Crippen molar-refractivity contribution in [1.82, 2.24) is 0 Å². The number of rotatable bonds is 3. The summed E-state index contributed by atoms with van der Waals surface area (Å²) in [6.07, 6.45) is 3.96. The quantitative estimate of drug-likeness (QED) is 0.631. The van der Waals surface area contributed by atoms with Gasteiger partial charge >= 0.3 is 0 Å². The van der Waals surface area contributed by atoms with Gasteiger partial charge in [-0.05, 0) is 48.1 Å². The molecule has 0 amide bonds. The predicted molar refractivity (Wildman–Crippen MR) is 116 cm³/mol. The van der Waals surface area contributed by atoms with Crippen LogP contribution in [0.2, 0.25) is 0 Å². The number of phenolic OH excluding ortho intramolecular Hbond substituents is 1. The molecule has 3 aromatic rings. The van der Waals surface area contributed by atoms with Crippen LogP contribution < -0.4 is 0 Å². The molecule has 0 bridgehead atoms. The second kappa shape index (κ2) is 6.59. The number of aryl methyl sites for hydroxylation is 1. The zero-order chi connectivity index (χ0) is 20.0. The van der Waals surface area contributed by atoms with E-state index in [9.17, 15) is 9.90 Å². The number of benzene rings is 3. The normalized spacial score (nSPS) is 20.7. The summed E-state index contributed by atoms with van der Waals surface area (Å²) < 4.78 is 0. The largest absolute Gasteiger partial charge is 0.508 e. The average molecular weight is 378 g/mol. The number of hydrogen-bond acceptors (Lipinski definition) is 2. The maximum absolute atomic E-state index is 14.3. The Hall–Kier alpha value is -3.39. The Kier molecular flexibility index (Phi) is 4.02. The summed E-state index contributed by atoms with van der Waals surface area (Å²) in [4.78, 5) is 14.3. The van der Waals surface area contributed by atoms with Gasteiger partial charge < -0.3 is 5.11 Å². The van der Waals surface area contributed by atoms with E-state index in [1.165, 1.54) is 0 Å². The second-order valence-electron chi connectivity index (χ2n) is 7.84. The second-order valence-corrected chi connectivity index (χ2v) is 7.84. The highest BCUT2D eigenvalue weighted by molar-refractivity contribution is 6.33. The first-order valence-corrected chi connectivity index (χ1v) is 10.0. The van der Waals surface area contributed by atoms with Gasteiger partial charge in [0.1, 0.15) is 11.2 Å². The third-order valence-corrected chi connectivity index (χ3v) is 6.17. The van der Waals surface area contributed by atoms with Crippen LogP contribution in [0.15, 0.2) is 96.1 Å². The topological polar surface area (TPSA) is 37.3 Å². The summed E-state index contributed by atoms with van der Waals surface area (Å²) in [7, 11) is 0. The van der Waals surface area contributed by atoms with Crippen molar-refractivity contribution in [2.24, 2.45) is 0 Å². The van der Waals surface area contributed by atoms with Gasteiger partial charge in [0.05, 0.1) is 0 Å². The Morgan fingerprint density at radius 2 is 1.59 bits per heavy atom. The van der Waals surface area contributed by atoms with E-state index in [1.807, 2.05) is 79.7 Å². The predicted octanol–water partition coefficient (Wildman–Crippen LogP) is 5.74. The van der Waals surface area contributed by atoms with Crippen LogP contribution in [0.1, 0.15) is 35.1 Å². The van der Waals surface area contributed by atoms with Gasteiger partial charge in [0.25, 0.3) is 0 Å². The van der Waals surface area contributed by atoms with E-state index in [1.54, 1.807) is 6.07 Å². The first-order valence-electron chi connectivity index (χ1n) is 10.0. The molecule has 0 saturated heterocycles. The molecule has 2 nitrogen and oxygen atoms in total. The van der Waals surface area contributed by atoms with Crippen molar-refractivity contribution in [3.05, 3.63) is 118 Å². The molecular weight excluding hydrogens is 356 g/mol. The molecule has 142 valence electrons. The molecule has 2 aliphatic carbocycles. The van der Waals surface area contributed by atoms with Crippen LogP contribution in [0.25, 0.3) is 5.57 Å². The molecule has 1 unspecified atom stereocenters. The Morgan fingerprint density at radius 3 is 2.31 bits per heavy atom. The lowest BCUT2D eigenvalue weighted by Crippen LogP contribution is -2.36. The molecule has 0 aromatic heterocycles. The highest BCUT2D eigenvalue weighted by Gasteiger charge is 2.55. The van der Waals surface area contributed by atoms with Crippen molar-refractivity contribution in [1.29, 1.82) is 0 Å². The fourth-order valence-electron chi connectivity index (χ4n) is 4.96. The molecule has 0 spiro atoms. The SMILES string of the molecule is Cc1ccc(O)c(C2(c3ccccc3)C(=O)C(c3ccccc3)=C3CCC=C32)c1. The molecule has 0 heterocycles. The summed E-state index contributed by atoms with van der Waals surface area (Å²) in [5, 5.41) is 10.9. The number of hydrogen-bond donors (Lipinski definition) is 1. The molecule has 1 atom stereocenters. The van der Waals surface area contributed by atoms with Crippen molar-refractivity contribution in [2.45, 2.75) is 25.2 Å². The van der Waals surface area contributed by atoms with E-state index in [0.29, 0.717) is 5.56 Å². The van der Waals surface area contributed by atoms with E-state index in [4.69, 9.17) is 0 Å². The number of carbonyl (C=O) groups excluding carboxylic acids is 1. The van der Waals surface area contributed by atoms with Crippen molar-refractivity contribution in [2.75, 3.05) is 0 Å². The molecule has 3 aromatic carbocycles. The molecule has 1 N–H and O–H groups in total. The summed E-state index contributed by atoms with van der Waals surface area (Å²) >= 11 is 0. The van der Waals surface area contributed by atoms with Crippen molar-refractivity contribution in [3.8, 4) is 5.75 Å². The number of allylic oxidation sites excluding steroid dienone is 4. The zero-order valence-electron chi connectivity index (χ0n) is 16.4. The van der Waals surface area contributed by atoms with E-state index < -0.39 is 5.41 Å². The van der Waals surface area contributed by atoms with Gasteiger partial charge in [0.2, 0.25) is 0 Å². The van der Waals surface area contributed by atoms with E-state index in [0.717, 1.165) is 46.3 Å². The van der Waals surface area contributed by atoms with Gasteiger partial charge in [0, 0.05) is 11.1 Å². The third kappa shape index (κ3) is 2.45. The Bertz CT molecular complexity index is 1170. The lowest BCUT2D eigenvalue weighted by Gasteiger charge is -2.32. The molecule has 2 aliphatic rings. The van der Waals surface area contributed by atoms with Crippen LogP contribution in [-0.4, -0.2) is 10.9 Å². The Balaban J connectivity index is 1.86. The number of ketones is 1. The molecule has 2 heteroatoms.